The summed E-state index contributed by atoms with van der Waals surface area (Å²) in [5.74, 6) is 0. The Balaban J connectivity index is 1.75. The lowest BCUT2D eigenvalue weighted by atomic mass is 9.74. The van der Waals surface area contributed by atoms with Crippen molar-refractivity contribution in [3.8, 4) is 6.07 Å². The zero-order valence-corrected chi connectivity index (χ0v) is 18.7. The summed E-state index contributed by atoms with van der Waals surface area (Å²) in [6, 6.07) is 5.97. The number of hydrogen-bond acceptors (Lipinski definition) is 6. The summed E-state index contributed by atoms with van der Waals surface area (Å²) in [4.78, 5) is 21.4. The number of nitrogens with zero attached hydrogens (tertiary/aromatic N) is 4. The number of amides is 1. The first-order chi connectivity index (χ1) is 14.5. The Morgan fingerprint density at radius 2 is 1.81 bits per heavy atom. The summed E-state index contributed by atoms with van der Waals surface area (Å²) < 4.78 is 12.3. The molecular weight excluding hydrogens is 419 g/mol. The molecule has 2 aliphatic rings. The fourth-order valence-corrected chi connectivity index (χ4v) is 4.36. The number of carboxylic acid groups (broad SMARTS) is 1. The molecule has 0 radical (unpaired) electrons. The van der Waals surface area contributed by atoms with Crippen molar-refractivity contribution in [1.29, 1.82) is 5.26 Å². The molecule has 0 saturated carbocycles. The van der Waals surface area contributed by atoms with Crippen LogP contribution < -0.4 is 5.46 Å². The predicted octanol–water partition coefficient (Wildman–Crippen LogP) is 3.12. The lowest BCUT2D eigenvalue weighted by molar-refractivity contribution is 0.00578. The van der Waals surface area contributed by atoms with Crippen LogP contribution in [0.25, 0.3) is 10.9 Å². The second-order valence-electron chi connectivity index (χ2n) is 9.16. The molecular formula is C21H24BClN4O4. The van der Waals surface area contributed by atoms with Crippen LogP contribution in [0.1, 0.15) is 46.2 Å². The smallest absolute Gasteiger partial charge is 0.465 e. The first kappa shape index (κ1) is 21.8. The van der Waals surface area contributed by atoms with Gasteiger partial charge in [0.1, 0.15) is 11.7 Å². The third-order valence-electron chi connectivity index (χ3n) is 6.82. The van der Waals surface area contributed by atoms with E-state index in [9.17, 15) is 15.2 Å². The molecule has 4 rings (SSSR count). The van der Waals surface area contributed by atoms with Crippen LogP contribution >= 0.6 is 11.6 Å². The minimum Gasteiger partial charge on any atom is -0.465 e. The first-order valence-electron chi connectivity index (χ1n) is 10.2. The minimum atomic E-state index is -0.978. The lowest BCUT2D eigenvalue weighted by Gasteiger charge is -2.35. The fraction of sp³-hybridized carbons (Fsp3) is 0.524. The zero-order valence-electron chi connectivity index (χ0n) is 18.0. The highest BCUT2D eigenvalue weighted by Crippen LogP contribution is 2.39. The predicted molar refractivity (Wildman–Crippen MR) is 116 cm³/mol. The summed E-state index contributed by atoms with van der Waals surface area (Å²) in [7, 11) is -0.635. The highest BCUT2D eigenvalue weighted by atomic mass is 35.5. The van der Waals surface area contributed by atoms with Crippen LogP contribution in [0.3, 0.4) is 0 Å². The number of nitriles is 1. The number of carbonyl (C=O) groups is 1. The molecule has 3 heterocycles. The average Bonchev–Trinajstić information content (AvgIpc) is 2.94. The fourth-order valence-electron chi connectivity index (χ4n) is 4.11. The van der Waals surface area contributed by atoms with Gasteiger partial charge in [-0.05, 0) is 52.7 Å². The van der Waals surface area contributed by atoms with E-state index < -0.39 is 29.8 Å². The molecule has 2 aliphatic heterocycles. The highest BCUT2D eigenvalue weighted by molar-refractivity contribution is 6.66. The van der Waals surface area contributed by atoms with Gasteiger partial charge in [-0.15, -0.1) is 0 Å². The summed E-state index contributed by atoms with van der Waals surface area (Å²) in [5, 5.41) is 20.4. The summed E-state index contributed by atoms with van der Waals surface area (Å²) >= 11 is 6.65. The van der Waals surface area contributed by atoms with E-state index in [0.717, 1.165) is 0 Å². The molecule has 31 heavy (non-hydrogen) atoms. The molecule has 1 aromatic carbocycles. The Kier molecular flexibility index (Phi) is 5.16. The van der Waals surface area contributed by atoms with Crippen molar-refractivity contribution in [3.05, 3.63) is 29.2 Å². The Morgan fingerprint density at radius 3 is 2.35 bits per heavy atom. The van der Waals surface area contributed by atoms with E-state index in [1.54, 1.807) is 6.07 Å². The maximum absolute atomic E-state index is 11.3. The van der Waals surface area contributed by atoms with Gasteiger partial charge in [0.05, 0.1) is 28.5 Å². The number of likely N-dealkylation sites (tertiary alicyclic amines) is 1. The van der Waals surface area contributed by atoms with Crippen molar-refractivity contribution >= 4 is 41.2 Å². The third kappa shape index (κ3) is 3.53. The van der Waals surface area contributed by atoms with Gasteiger partial charge in [0.25, 0.3) is 0 Å². The second kappa shape index (κ2) is 7.33. The maximum Gasteiger partial charge on any atom is 0.496 e. The van der Waals surface area contributed by atoms with E-state index in [2.05, 4.69) is 16.0 Å². The Morgan fingerprint density at radius 1 is 1.19 bits per heavy atom. The van der Waals surface area contributed by atoms with Gasteiger partial charge in [0, 0.05) is 29.0 Å². The number of hydrogen-bond donors (Lipinski definition) is 1. The van der Waals surface area contributed by atoms with Crippen molar-refractivity contribution in [2.75, 3.05) is 13.1 Å². The van der Waals surface area contributed by atoms with Crippen LogP contribution in [0, 0.1) is 11.3 Å². The van der Waals surface area contributed by atoms with Crippen LogP contribution in [-0.4, -0.2) is 57.5 Å². The minimum absolute atomic E-state index is 0.272. The third-order valence-corrected chi connectivity index (χ3v) is 7.14. The van der Waals surface area contributed by atoms with Gasteiger partial charge < -0.3 is 19.3 Å². The quantitative estimate of drug-likeness (QED) is 0.712. The molecule has 2 saturated heterocycles. The molecule has 1 amide bonds. The normalized spacial score (nSPS) is 21.8. The van der Waals surface area contributed by atoms with E-state index in [1.807, 2.05) is 33.8 Å². The molecule has 2 aromatic rings. The van der Waals surface area contributed by atoms with Crippen molar-refractivity contribution in [2.24, 2.45) is 0 Å². The molecule has 0 bridgehead atoms. The average molecular weight is 443 g/mol. The lowest BCUT2D eigenvalue weighted by Crippen LogP contribution is -2.44. The summed E-state index contributed by atoms with van der Waals surface area (Å²) in [6.45, 7) is 8.44. The number of aromatic nitrogens is 2. The van der Waals surface area contributed by atoms with Crippen molar-refractivity contribution in [1.82, 2.24) is 14.9 Å². The van der Waals surface area contributed by atoms with Gasteiger partial charge in [-0.1, -0.05) is 11.6 Å². The van der Waals surface area contributed by atoms with E-state index >= 15 is 0 Å². The van der Waals surface area contributed by atoms with E-state index in [0.29, 0.717) is 39.9 Å². The number of benzene rings is 1. The van der Waals surface area contributed by atoms with Gasteiger partial charge in [0.15, 0.2) is 0 Å². The molecule has 1 N–H and O–H groups in total. The molecule has 2 fully saturated rings. The van der Waals surface area contributed by atoms with Crippen molar-refractivity contribution in [2.45, 2.75) is 57.2 Å². The molecule has 0 spiro atoms. The topological polar surface area (TPSA) is 109 Å². The number of piperidine rings is 1. The highest BCUT2D eigenvalue weighted by Gasteiger charge is 2.52. The Labute approximate surface area is 186 Å². The maximum atomic E-state index is 11.3. The van der Waals surface area contributed by atoms with Crippen molar-refractivity contribution < 1.29 is 19.2 Å². The number of rotatable bonds is 2. The largest absolute Gasteiger partial charge is 0.496 e. The first-order valence-corrected chi connectivity index (χ1v) is 10.6. The number of fused-ring (bicyclic) bond motifs is 1. The van der Waals surface area contributed by atoms with E-state index in [1.165, 1.54) is 11.2 Å². The zero-order chi connectivity index (χ0) is 22.6. The van der Waals surface area contributed by atoms with E-state index in [-0.39, 0.29) is 13.1 Å². The van der Waals surface area contributed by atoms with Crippen LogP contribution in [0.15, 0.2) is 18.5 Å². The van der Waals surface area contributed by atoms with Crippen molar-refractivity contribution in [3.63, 3.8) is 0 Å². The summed E-state index contributed by atoms with van der Waals surface area (Å²) in [5.41, 5.74) is -0.0283. The molecule has 0 aliphatic carbocycles. The SMILES string of the molecule is CC1(C)OB(c2cc3ncnc(C4(C#N)CCN(C(=O)O)CC4)c3cc2Cl)OC1(C)C. The Bertz CT molecular complexity index is 1080. The van der Waals surface area contributed by atoms with Gasteiger partial charge in [0.2, 0.25) is 0 Å². The second-order valence-corrected chi connectivity index (χ2v) is 9.57. The molecule has 0 atom stereocenters. The Hall–Kier alpha value is -2.41. The molecule has 1 aromatic heterocycles. The molecule has 162 valence electrons. The molecule has 0 unspecified atom stereocenters. The van der Waals surface area contributed by atoms with Crippen LogP contribution in [-0.2, 0) is 14.7 Å². The monoisotopic (exact) mass is 442 g/mol. The summed E-state index contributed by atoms with van der Waals surface area (Å²) in [6.07, 6.45) is 1.17. The van der Waals surface area contributed by atoms with Crippen LogP contribution in [0.4, 0.5) is 4.79 Å². The van der Waals surface area contributed by atoms with Crippen LogP contribution in [0.5, 0.6) is 0 Å². The van der Waals surface area contributed by atoms with Gasteiger partial charge in [-0.25, -0.2) is 14.8 Å². The standard InChI is InChI=1S/C21H24BClN4O4/c1-19(2)20(3,4)31-22(30-19)14-10-16-13(9-15(14)23)17(26-12-25-16)21(11-24)5-7-27(8-6-21)18(28)29/h9-10,12H,5-8H2,1-4H3,(H,28,29). The van der Waals surface area contributed by atoms with Crippen LogP contribution in [0.2, 0.25) is 5.02 Å². The molecule has 10 heteroatoms. The van der Waals surface area contributed by atoms with Gasteiger partial charge >= 0.3 is 13.2 Å². The number of halogens is 1. The van der Waals surface area contributed by atoms with E-state index in [4.69, 9.17) is 20.9 Å². The van der Waals surface area contributed by atoms with Gasteiger partial charge in [-0.2, -0.15) is 5.26 Å². The van der Waals surface area contributed by atoms with Gasteiger partial charge in [-0.3, -0.25) is 0 Å². The molecule has 8 nitrogen and oxygen atoms in total.